The van der Waals surface area contributed by atoms with Crippen molar-refractivity contribution in [2.45, 2.75) is 45.3 Å². The molecule has 0 spiro atoms. The van der Waals surface area contributed by atoms with Crippen molar-refractivity contribution in [3.05, 3.63) is 36.0 Å². The Morgan fingerprint density at radius 1 is 1.41 bits per heavy atom. The average Bonchev–Trinajstić information content (AvgIpc) is 2.95. The molecule has 0 amide bonds. The van der Waals surface area contributed by atoms with Crippen molar-refractivity contribution in [3.63, 3.8) is 0 Å². The molecular weight excluding hydrogens is 281 g/mol. The number of fused-ring (bicyclic) bond motifs is 1. The lowest BCUT2D eigenvalue weighted by atomic mass is 9.76. The van der Waals surface area contributed by atoms with Crippen LogP contribution in [0.3, 0.4) is 0 Å². The van der Waals surface area contributed by atoms with Gasteiger partial charge in [0.05, 0.1) is 6.04 Å². The van der Waals surface area contributed by atoms with Crippen LogP contribution in [0.15, 0.2) is 24.3 Å². The molecule has 0 bridgehead atoms. The molecule has 1 saturated carbocycles. The smallest absolute Gasteiger partial charge is 0.217 e. The summed E-state index contributed by atoms with van der Waals surface area (Å²) < 4.78 is 16.1. The molecule has 4 nitrogen and oxygen atoms in total. The average molecular weight is 301 g/mol. The lowest BCUT2D eigenvalue weighted by Crippen LogP contribution is -2.27. The van der Waals surface area contributed by atoms with Gasteiger partial charge >= 0.3 is 0 Å². The van der Waals surface area contributed by atoms with Crippen LogP contribution in [0.5, 0.6) is 0 Å². The van der Waals surface area contributed by atoms with E-state index < -0.39 is 6.17 Å². The second kappa shape index (κ2) is 4.61. The molecule has 2 aliphatic carbocycles. The number of aromatic nitrogens is 3. The molecule has 1 aromatic heterocycles. The second-order valence-corrected chi connectivity index (χ2v) is 7.14. The second-order valence-electron chi connectivity index (χ2n) is 7.14. The lowest BCUT2D eigenvalue weighted by molar-refractivity contribution is 0.0949. The molecule has 1 aromatic rings. The fraction of sp³-hybridized carbons (Fsp3) is 0.588. The van der Waals surface area contributed by atoms with Gasteiger partial charge in [-0.2, -0.15) is 0 Å². The highest BCUT2D eigenvalue weighted by Crippen LogP contribution is 2.49. The van der Waals surface area contributed by atoms with Crippen LogP contribution in [0.25, 0.3) is 0 Å². The van der Waals surface area contributed by atoms with Crippen molar-refractivity contribution in [3.8, 4) is 0 Å². The minimum Gasteiger partial charge on any atom is -0.290 e. The summed E-state index contributed by atoms with van der Waals surface area (Å²) in [6.07, 6.45) is 9.23. The largest absolute Gasteiger partial charge is 0.290 e. The van der Waals surface area contributed by atoms with Crippen LogP contribution < -0.4 is 0 Å². The fourth-order valence-corrected chi connectivity index (χ4v) is 3.68. The van der Waals surface area contributed by atoms with E-state index in [4.69, 9.17) is 0 Å². The van der Waals surface area contributed by atoms with E-state index in [1.165, 1.54) is 0 Å². The third-order valence-corrected chi connectivity index (χ3v) is 5.37. The van der Waals surface area contributed by atoms with Gasteiger partial charge in [0.25, 0.3) is 0 Å². The molecule has 1 unspecified atom stereocenters. The lowest BCUT2D eigenvalue weighted by Gasteiger charge is -2.33. The number of nitrogens with zero attached hydrogens (tertiary/aromatic N) is 3. The van der Waals surface area contributed by atoms with E-state index in [1.54, 1.807) is 4.68 Å². The van der Waals surface area contributed by atoms with Crippen LogP contribution in [-0.4, -0.2) is 20.5 Å². The topological polar surface area (TPSA) is 47.8 Å². The van der Waals surface area contributed by atoms with E-state index in [0.29, 0.717) is 18.2 Å². The first-order valence-corrected chi connectivity index (χ1v) is 7.99. The molecule has 1 aliphatic heterocycles. The Hall–Kier alpha value is -1.78. The fourth-order valence-electron chi connectivity index (χ4n) is 3.68. The number of halogens is 1. The number of allylic oxidation sites excluding steroid dienone is 4. The van der Waals surface area contributed by atoms with E-state index >= 15 is 0 Å². The van der Waals surface area contributed by atoms with E-state index in [1.807, 2.05) is 19.1 Å². The monoisotopic (exact) mass is 301 g/mol. The summed E-state index contributed by atoms with van der Waals surface area (Å²) in [4.78, 5) is 16.5. The highest BCUT2D eigenvalue weighted by molar-refractivity contribution is 5.96. The molecule has 1 fully saturated rings. The minimum absolute atomic E-state index is 0.0235. The maximum absolute atomic E-state index is 14.4. The number of ketones is 1. The van der Waals surface area contributed by atoms with Gasteiger partial charge in [0.2, 0.25) is 11.6 Å². The molecule has 0 saturated heterocycles. The molecule has 0 N–H and O–H groups in total. The Morgan fingerprint density at radius 2 is 2.18 bits per heavy atom. The van der Waals surface area contributed by atoms with Crippen molar-refractivity contribution >= 4 is 5.78 Å². The van der Waals surface area contributed by atoms with Gasteiger partial charge in [-0.25, -0.2) is 14.1 Å². The first-order valence-electron chi connectivity index (χ1n) is 7.99. The number of alkyl halides is 1. The molecule has 0 radical (unpaired) electrons. The summed E-state index contributed by atoms with van der Waals surface area (Å²) in [5.74, 6) is 0.950. The molecular formula is C17H20FN3O. The number of carbonyl (C=O) groups is 1. The third kappa shape index (κ3) is 1.98. The predicted molar refractivity (Wildman–Crippen MR) is 80.1 cm³/mol. The quantitative estimate of drug-likeness (QED) is 0.802. The van der Waals surface area contributed by atoms with Crippen LogP contribution in [0.4, 0.5) is 4.39 Å². The molecule has 5 heteroatoms. The van der Waals surface area contributed by atoms with E-state index in [0.717, 1.165) is 12.8 Å². The Labute approximate surface area is 129 Å². The summed E-state index contributed by atoms with van der Waals surface area (Å²) in [7, 11) is 0. The van der Waals surface area contributed by atoms with Crippen LogP contribution in [0.2, 0.25) is 0 Å². The molecule has 2 heterocycles. The highest BCUT2D eigenvalue weighted by Gasteiger charge is 2.46. The van der Waals surface area contributed by atoms with Crippen molar-refractivity contribution in [2.75, 3.05) is 0 Å². The normalized spacial score (nSPS) is 39.0. The summed E-state index contributed by atoms with van der Waals surface area (Å²) in [5.41, 5.74) is -0.175. The molecule has 116 valence electrons. The summed E-state index contributed by atoms with van der Waals surface area (Å²) in [6.45, 7) is 4.17. The van der Waals surface area contributed by atoms with Gasteiger partial charge < -0.3 is 0 Å². The van der Waals surface area contributed by atoms with Gasteiger partial charge in [-0.05, 0) is 18.8 Å². The predicted octanol–water partition coefficient (Wildman–Crippen LogP) is 3.59. The van der Waals surface area contributed by atoms with Gasteiger partial charge in [0.15, 0.2) is 12.0 Å². The maximum atomic E-state index is 14.4. The van der Waals surface area contributed by atoms with Crippen LogP contribution in [-0.2, 0) is 0 Å². The highest BCUT2D eigenvalue weighted by atomic mass is 19.1. The molecule has 22 heavy (non-hydrogen) atoms. The molecule has 5 atom stereocenters. The van der Waals surface area contributed by atoms with Gasteiger partial charge in [0.1, 0.15) is 0 Å². The Morgan fingerprint density at radius 3 is 2.82 bits per heavy atom. The number of hydrogen-bond donors (Lipinski definition) is 0. The molecule has 3 aliphatic rings. The third-order valence-electron chi connectivity index (χ3n) is 5.37. The number of rotatable bonds is 3. The van der Waals surface area contributed by atoms with Crippen LogP contribution in [0, 0.1) is 17.3 Å². The summed E-state index contributed by atoms with van der Waals surface area (Å²) in [5, 5.41) is 4.40. The van der Waals surface area contributed by atoms with Crippen LogP contribution >= 0.6 is 0 Å². The van der Waals surface area contributed by atoms with Gasteiger partial charge in [-0.15, -0.1) is 5.10 Å². The standard InChI is InChI=1S/C17H20FN3O/c1-10-8-11(10)14(22)15-19-16-12(18)9-13(21(16)20-15)17(2)6-4-3-5-7-17/h3-6,10-13H,7-9H2,1-2H3/t10-,11-,12-,13-,17?/m0/s1. The van der Waals surface area contributed by atoms with E-state index in [-0.39, 0.29) is 29.0 Å². The minimum atomic E-state index is -1.13. The van der Waals surface area contributed by atoms with Gasteiger partial charge in [-0.1, -0.05) is 38.2 Å². The number of Topliss-reactive ketones (excluding diaryl/α,β-unsaturated/α-hetero) is 1. The van der Waals surface area contributed by atoms with Crippen molar-refractivity contribution in [1.82, 2.24) is 14.8 Å². The van der Waals surface area contributed by atoms with E-state index in [2.05, 4.69) is 29.2 Å². The van der Waals surface area contributed by atoms with Gasteiger partial charge in [0, 0.05) is 17.8 Å². The zero-order chi connectivity index (χ0) is 15.5. The summed E-state index contributed by atoms with van der Waals surface area (Å²) in [6, 6.07) is -0.0793. The summed E-state index contributed by atoms with van der Waals surface area (Å²) >= 11 is 0. The van der Waals surface area contributed by atoms with Gasteiger partial charge in [-0.3, -0.25) is 4.79 Å². The Bertz CT molecular complexity index is 692. The Kier molecular flexibility index (Phi) is 2.90. The number of hydrogen-bond acceptors (Lipinski definition) is 3. The van der Waals surface area contributed by atoms with Crippen molar-refractivity contribution in [2.24, 2.45) is 17.3 Å². The molecule has 0 aromatic carbocycles. The van der Waals surface area contributed by atoms with E-state index in [9.17, 15) is 9.18 Å². The van der Waals surface area contributed by atoms with Crippen molar-refractivity contribution < 1.29 is 9.18 Å². The number of carbonyl (C=O) groups excluding carboxylic acids is 1. The zero-order valence-corrected chi connectivity index (χ0v) is 12.9. The first kappa shape index (κ1) is 13.9. The Balaban J connectivity index is 1.67. The van der Waals surface area contributed by atoms with Crippen molar-refractivity contribution in [1.29, 1.82) is 0 Å². The SMILES string of the molecule is C[C@H]1C[C@@H]1C(=O)c1nc2n(n1)[C@H](C1(C)C=CC=CC1)C[C@@H]2F. The maximum Gasteiger partial charge on any atom is 0.217 e. The van der Waals surface area contributed by atoms with Crippen LogP contribution in [0.1, 0.15) is 61.8 Å². The first-order chi connectivity index (χ1) is 10.5. The molecule has 4 rings (SSSR count). The zero-order valence-electron chi connectivity index (χ0n) is 12.9.